The van der Waals surface area contributed by atoms with Crippen molar-refractivity contribution in [2.24, 2.45) is 0 Å². The van der Waals surface area contributed by atoms with Gasteiger partial charge in [-0.25, -0.2) is 0 Å². The van der Waals surface area contributed by atoms with Crippen LogP contribution in [0.2, 0.25) is 0 Å². The maximum atomic E-state index is 12.3. The molecule has 0 aromatic heterocycles. The normalized spacial score (nSPS) is 26.8. The second-order valence-electron chi connectivity index (χ2n) is 5.48. The van der Waals surface area contributed by atoms with E-state index in [9.17, 15) is 9.90 Å². The summed E-state index contributed by atoms with van der Waals surface area (Å²) in [4.78, 5) is 14.4. The highest BCUT2D eigenvalue weighted by Crippen LogP contribution is 2.23. The molecular formula is C15H21NO2. The Balaban J connectivity index is 2.07. The van der Waals surface area contributed by atoms with Crippen molar-refractivity contribution in [1.82, 2.24) is 4.90 Å². The van der Waals surface area contributed by atoms with E-state index in [1.165, 1.54) is 0 Å². The topological polar surface area (TPSA) is 40.5 Å². The molecule has 2 unspecified atom stereocenters. The average molecular weight is 247 g/mol. The van der Waals surface area contributed by atoms with E-state index in [1.807, 2.05) is 44.2 Å². The third-order valence-corrected chi connectivity index (χ3v) is 3.69. The monoisotopic (exact) mass is 247 g/mol. The molecule has 0 aliphatic carbocycles. The molecule has 18 heavy (non-hydrogen) atoms. The Morgan fingerprint density at radius 2 is 2.06 bits per heavy atom. The largest absolute Gasteiger partial charge is 0.389 e. The van der Waals surface area contributed by atoms with E-state index in [0.29, 0.717) is 6.54 Å². The minimum Gasteiger partial charge on any atom is -0.389 e. The molecule has 1 heterocycles. The molecule has 0 spiro atoms. The highest BCUT2D eigenvalue weighted by atomic mass is 16.3. The summed E-state index contributed by atoms with van der Waals surface area (Å²) >= 11 is 0. The van der Waals surface area contributed by atoms with Gasteiger partial charge in [0.2, 0.25) is 0 Å². The highest BCUT2D eigenvalue weighted by Gasteiger charge is 2.33. The third-order valence-electron chi connectivity index (χ3n) is 3.69. The third kappa shape index (κ3) is 2.98. The van der Waals surface area contributed by atoms with Gasteiger partial charge in [0, 0.05) is 12.1 Å². The van der Waals surface area contributed by atoms with E-state index in [1.54, 1.807) is 0 Å². The second-order valence-corrected chi connectivity index (χ2v) is 5.48. The van der Waals surface area contributed by atoms with Crippen LogP contribution >= 0.6 is 0 Å². The van der Waals surface area contributed by atoms with Crippen molar-refractivity contribution < 1.29 is 9.90 Å². The predicted octanol–water partition coefficient (Wildman–Crippen LogP) is 2.10. The van der Waals surface area contributed by atoms with Crippen LogP contribution in [0.4, 0.5) is 0 Å². The number of aliphatic hydroxyl groups is 1. The Bertz CT molecular complexity index is 414. The number of likely N-dealkylation sites (tertiary alicyclic amines) is 1. The lowest BCUT2D eigenvalue weighted by atomic mass is 9.92. The Labute approximate surface area is 108 Å². The maximum absolute atomic E-state index is 12.3. The van der Waals surface area contributed by atoms with Gasteiger partial charge in [0.25, 0.3) is 0 Å². The zero-order valence-corrected chi connectivity index (χ0v) is 11.1. The Morgan fingerprint density at radius 1 is 1.39 bits per heavy atom. The zero-order chi connectivity index (χ0) is 13.2. The van der Waals surface area contributed by atoms with E-state index in [4.69, 9.17) is 0 Å². The number of piperidine rings is 1. The van der Waals surface area contributed by atoms with Gasteiger partial charge in [-0.15, -0.1) is 0 Å². The molecule has 0 bridgehead atoms. The van der Waals surface area contributed by atoms with Gasteiger partial charge in [0.15, 0.2) is 5.78 Å². The van der Waals surface area contributed by atoms with Crippen LogP contribution in [0.1, 0.15) is 37.0 Å². The van der Waals surface area contributed by atoms with Crippen LogP contribution < -0.4 is 0 Å². The number of ketones is 1. The van der Waals surface area contributed by atoms with E-state index in [0.717, 1.165) is 24.9 Å². The molecule has 3 nitrogen and oxygen atoms in total. The molecule has 1 aromatic rings. The van der Waals surface area contributed by atoms with E-state index >= 15 is 0 Å². The Hall–Kier alpha value is -1.19. The smallest absolute Gasteiger partial charge is 0.179 e. The van der Waals surface area contributed by atoms with Crippen LogP contribution in [0, 0.1) is 0 Å². The molecule has 1 fully saturated rings. The molecule has 0 amide bonds. The van der Waals surface area contributed by atoms with Crippen LogP contribution in [-0.2, 0) is 0 Å². The number of nitrogens with zero attached hydrogens (tertiary/aromatic N) is 1. The first kappa shape index (κ1) is 13.2. The fourth-order valence-corrected chi connectivity index (χ4v) is 2.60. The van der Waals surface area contributed by atoms with Gasteiger partial charge in [-0.3, -0.25) is 9.69 Å². The van der Waals surface area contributed by atoms with Gasteiger partial charge >= 0.3 is 0 Å². The van der Waals surface area contributed by atoms with Crippen LogP contribution in [0.5, 0.6) is 0 Å². The lowest BCUT2D eigenvalue weighted by molar-refractivity contribution is -0.0242. The van der Waals surface area contributed by atoms with Crippen molar-refractivity contribution in [2.45, 2.75) is 38.3 Å². The minimum absolute atomic E-state index is 0.133. The maximum Gasteiger partial charge on any atom is 0.179 e. The fraction of sp³-hybridized carbons (Fsp3) is 0.533. The Morgan fingerprint density at radius 3 is 2.67 bits per heavy atom. The summed E-state index contributed by atoms with van der Waals surface area (Å²) in [5.41, 5.74) is 0.0824. The summed E-state index contributed by atoms with van der Waals surface area (Å²) in [7, 11) is 0. The lowest BCUT2D eigenvalue weighted by Crippen LogP contribution is -2.51. The number of β-amino-alcohol motifs (C(OH)–C–C–N with tert-alkyl or cyclic N) is 1. The molecule has 2 rings (SSSR count). The van der Waals surface area contributed by atoms with Gasteiger partial charge in [-0.2, -0.15) is 0 Å². The second kappa shape index (κ2) is 5.21. The molecular weight excluding hydrogens is 226 g/mol. The summed E-state index contributed by atoms with van der Waals surface area (Å²) < 4.78 is 0. The Kier molecular flexibility index (Phi) is 3.83. The quantitative estimate of drug-likeness (QED) is 0.832. The summed E-state index contributed by atoms with van der Waals surface area (Å²) in [6.45, 7) is 5.23. The molecule has 1 aromatic carbocycles. The molecule has 98 valence electrons. The van der Waals surface area contributed by atoms with Crippen LogP contribution in [0.25, 0.3) is 0 Å². The van der Waals surface area contributed by atoms with Crippen molar-refractivity contribution >= 4 is 5.78 Å². The number of carbonyl (C=O) groups is 1. The number of hydrogen-bond acceptors (Lipinski definition) is 3. The van der Waals surface area contributed by atoms with Gasteiger partial charge < -0.3 is 5.11 Å². The average Bonchev–Trinajstić information content (AvgIpc) is 2.37. The van der Waals surface area contributed by atoms with E-state index in [2.05, 4.69) is 4.90 Å². The number of benzene rings is 1. The minimum atomic E-state index is -0.663. The van der Waals surface area contributed by atoms with Gasteiger partial charge in [0.05, 0.1) is 11.6 Å². The van der Waals surface area contributed by atoms with Crippen LogP contribution in [0.15, 0.2) is 30.3 Å². The van der Waals surface area contributed by atoms with Crippen LogP contribution in [0.3, 0.4) is 0 Å². The molecule has 2 atom stereocenters. The number of hydrogen-bond donors (Lipinski definition) is 1. The SMILES string of the molecule is CC(C(=O)c1ccccc1)N1CCCC(C)(O)C1. The summed E-state index contributed by atoms with van der Waals surface area (Å²) in [6.07, 6.45) is 1.76. The molecule has 1 saturated heterocycles. The summed E-state index contributed by atoms with van der Waals surface area (Å²) in [5.74, 6) is 0.133. The van der Waals surface area contributed by atoms with Crippen molar-refractivity contribution in [3.8, 4) is 0 Å². The molecule has 0 radical (unpaired) electrons. The number of carbonyl (C=O) groups excluding carboxylic acids is 1. The first-order valence-corrected chi connectivity index (χ1v) is 6.55. The predicted molar refractivity (Wildman–Crippen MR) is 71.7 cm³/mol. The van der Waals surface area contributed by atoms with Crippen molar-refractivity contribution in [2.75, 3.05) is 13.1 Å². The van der Waals surface area contributed by atoms with Crippen LogP contribution in [-0.4, -0.2) is 40.5 Å². The van der Waals surface area contributed by atoms with Gasteiger partial charge in [0.1, 0.15) is 0 Å². The fourth-order valence-electron chi connectivity index (χ4n) is 2.60. The first-order chi connectivity index (χ1) is 8.49. The molecule has 1 N–H and O–H groups in total. The van der Waals surface area contributed by atoms with Crippen molar-refractivity contribution in [1.29, 1.82) is 0 Å². The number of rotatable bonds is 3. The standard InChI is InChI=1S/C15H21NO2/c1-12(14(17)13-7-4-3-5-8-13)16-10-6-9-15(2,18)11-16/h3-5,7-8,12,18H,6,9-11H2,1-2H3. The summed E-state index contributed by atoms with van der Waals surface area (Å²) in [5, 5.41) is 10.1. The van der Waals surface area contributed by atoms with Gasteiger partial charge in [-0.05, 0) is 33.2 Å². The van der Waals surface area contributed by atoms with Gasteiger partial charge in [-0.1, -0.05) is 30.3 Å². The lowest BCUT2D eigenvalue weighted by Gasteiger charge is -2.39. The molecule has 1 aliphatic heterocycles. The first-order valence-electron chi connectivity index (χ1n) is 6.55. The highest BCUT2D eigenvalue weighted by molar-refractivity contribution is 5.99. The summed E-state index contributed by atoms with van der Waals surface area (Å²) in [6, 6.07) is 9.20. The number of Topliss-reactive ketones (excluding diaryl/α,β-unsaturated/α-hetero) is 1. The van der Waals surface area contributed by atoms with Crippen molar-refractivity contribution in [3.63, 3.8) is 0 Å². The molecule has 0 saturated carbocycles. The van der Waals surface area contributed by atoms with Crippen molar-refractivity contribution in [3.05, 3.63) is 35.9 Å². The zero-order valence-electron chi connectivity index (χ0n) is 11.1. The molecule has 3 heteroatoms. The molecule has 1 aliphatic rings. The van der Waals surface area contributed by atoms with E-state index < -0.39 is 5.60 Å². The van der Waals surface area contributed by atoms with E-state index in [-0.39, 0.29) is 11.8 Å².